The van der Waals surface area contributed by atoms with Crippen molar-refractivity contribution in [2.24, 2.45) is 0 Å². The Kier molecular flexibility index (Phi) is 7.10. The summed E-state index contributed by atoms with van der Waals surface area (Å²) >= 11 is 0. The van der Waals surface area contributed by atoms with Crippen molar-refractivity contribution in [3.05, 3.63) is 0 Å². The van der Waals surface area contributed by atoms with Crippen LogP contribution in [0.15, 0.2) is 0 Å². The molecule has 1 aliphatic rings. The lowest BCUT2D eigenvalue weighted by Crippen LogP contribution is -2.52. The highest BCUT2D eigenvalue weighted by Crippen LogP contribution is 2.20. The highest BCUT2D eigenvalue weighted by molar-refractivity contribution is 5.78. The lowest BCUT2D eigenvalue weighted by molar-refractivity contribution is -0.144. The van der Waals surface area contributed by atoms with E-state index >= 15 is 0 Å². The monoisotopic (exact) mass is 299 g/mol. The molecular formula is C16H33N3O2. The first-order valence-corrected chi connectivity index (χ1v) is 8.14. The van der Waals surface area contributed by atoms with E-state index in [0.717, 1.165) is 26.1 Å². The Morgan fingerprint density at radius 1 is 1.48 bits per heavy atom. The molecule has 0 aliphatic carbocycles. The third-order valence-electron chi connectivity index (χ3n) is 4.28. The van der Waals surface area contributed by atoms with Gasteiger partial charge in [-0.15, -0.1) is 0 Å². The zero-order chi connectivity index (χ0) is 16.0. The summed E-state index contributed by atoms with van der Waals surface area (Å²) in [6.45, 7) is 9.04. The van der Waals surface area contributed by atoms with E-state index in [9.17, 15) is 9.90 Å². The highest BCUT2D eigenvalue weighted by atomic mass is 16.4. The summed E-state index contributed by atoms with van der Waals surface area (Å²) in [6.07, 6.45) is 4.12. The van der Waals surface area contributed by atoms with Gasteiger partial charge in [0.25, 0.3) is 0 Å². The van der Waals surface area contributed by atoms with Gasteiger partial charge in [-0.05, 0) is 73.6 Å². The Bertz CT molecular complexity index is 333. The third-order valence-corrected chi connectivity index (χ3v) is 4.28. The fourth-order valence-electron chi connectivity index (χ4n) is 3.33. The van der Waals surface area contributed by atoms with Crippen LogP contribution in [0.25, 0.3) is 0 Å². The number of hydrogen-bond donors (Lipinski definition) is 2. The third kappa shape index (κ3) is 5.93. The second-order valence-corrected chi connectivity index (χ2v) is 7.13. The normalized spacial score (nSPS) is 22.9. The van der Waals surface area contributed by atoms with E-state index in [1.54, 1.807) is 6.92 Å². The van der Waals surface area contributed by atoms with Crippen LogP contribution in [0, 0.1) is 0 Å². The summed E-state index contributed by atoms with van der Waals surface area (Å²) in [5.41, 5.74) is -0.815. The van der Waals surface area contributed by atoms with Crippen molar-refractivity contribution in [3.63, 3.8) is 0 Å². The van der Waals surface area contributed by atoms with E-state index in [4.69, 9.17) is 0 Å². The van der Waals surface area contributed by atoms with Gasteiger partial charge in [0, 0.05) is 18.6 Å². The van der Waals surface area contributed by atoms with Crippen LogP contribution in [-0.2, 0) is 4.79 Å². The van der Waals surface area contributed by atoms with Gasteiger partial charge < -0.3 is 10.0 Å². The molecule has 2 N–H and O–H groups in total. The van der Waals surface area contributed by atoms with Gasteiger partial charge in [0.05, 0.1) is 0 Å². The molecule has 1 heterocycles. The minimum atomic E-state index is -0.815. The molecule has 0 saturated carbocycles. The van der Waals surface area contributed by atoms with Crippen LogP contribution in [0.3, 0.4) is 0 Å². The topological polar surface area (TPSA) is 55.8 Å². The molecule has 1 saturated heterocycles. The molecule has 0 spiro atoms. The molecule has 0 aromatic rings. The number of hydrogen-bond acceptors (Lipinski definition) is 4. The molecule has 0 amide bonds. The Morgan fingerprint density at radius 2 is 2.14 bits per heavy atom. The van der Waals surface area contributed by atoms with E-state index in [1.807, 2.05) is 13.8 Å². The van der Waals surface area contributed by atoms with Gasteiger partial charge in [0.1, 0.15) is 5.54 Å². The van der Waals surface area contributed by atoms with Crippen LogP contribution in [0.4, 0.5) is 0 Å². The van der Waals surface area contributed by atoms with Gasteiger partial charge in [0.2, 0.25) is 0 Å². The molecule has 0 bridgehead atoms. The van der Waals surface area contributed by atoms with E-state index in [2.05, 4.69) is 29.2 Å². The van der Waals surface area contributed by atoms with E-state index in [0.29, 0.717) is 12.5 Å². The number of aliphatic carboxylic acids is 1. The maximum atomic E-state index is 11.5. The maximum Gasteiger partial charge on any atom is 0.323 e. The van der Waals surface area contributed by atoms with Crippen molar-refractivity contribution in [2.75, 3.05) is 33.7 Å². The summed E-state index contributed by atoms with van der Waals surface area (Å²) in [7, 11) is 4.23. The summed E-state index contributed by atoms with van der Waals surface area (Å²) in [6, 6.07) is 0.813. The van der Waals surface area contributed by atoms with E-state index in [-0.39, 0.29) is 6.04 Å². The first kappa shape index (κ1) is 18.4. The average molecular weight is 299 g/mol. The van der Waals surface area contributed by atoms with Crippen LogP contribution >= 0.6 is 0 Å². The predicted octanol–water partition coefficient (Wildman–Crippen LogP) is 1.63. The molecular weight excluding hydrogens is 266 g/mol. The largest absolute Gasteiger partial charge is 0.480 e. The van der Waals surface area contributed by atoms with Crippen LogP contribution in [0.2, 0.25) is 0 Å². The number of carbonyl (C=O) groups is 1. The van der Waals surface area contributed by atoms with Gasteiger partial charge in [-0.1, -0.05) is 0 Å². The van der Waals surface area contributed by atoms with Crippen LogP contribution < -0.4 is 5.32 Å². The summed E-state index contributed by atoms with van der Waals surface area (Å²) in [5.74, 6) is -0.748. The molecule has 0 radical (unpaired) electrons. The molecule has 5 nitrogen and oxygen atoms in total. The molecule has 2 unspecified atom stereocenters. The molecule has 1 rings (SSSR count). The number of carboxylic acids is 1. The quantitative estimate of drug-likeness (QED) is 0.678. The molecule has 1 aliphatic heterocycles. The number of nitrogens with one attached hydrogen (secondary N) is 1. The molecule has 124 valence electrons. The van der Waals surface area contributed by atoms with Gasteiger partial charge in [0.15, 0.2) is 0 Å². The van der Waals surface area contributed by atoms with Gasteiger partial charge in [-0.2, -0.15) is 0 Å². The Balaban J connectivity index is 2.44. The number of likely N-dealkylation sites (N-methyl/N-ethyl adjacent to an activating group) is 1. The summed E-state index contributed by atoms with van der Waals surface area (Å²) in [4.78, 5) is 16.3. The Hall–Kier alpha value is -0.650. The van der Waals surface area contributed by atoms with Crippen molar-refractivity contribution in [1.82, 2.24) is 15.1 Å². The van der Waals surface area contributed by atoms with E-state index < -0.39 is 11.5 Å². The standard InChI is InChI=1S/C16H33N3O2/c1-13(2)17-16(3,15(20)21)9-7-11-19-10-6-8-14(19)12-18(4)5/h13-14,17H,6-12H2,1-5H3,(H,20,21). The average Bonchev–Trinajstić information content (AvgIpc) is 2.74. The molecule has 2 atom stereocenters. The van der Waals surface area contributed by atoms with Crippen molar-refractivity contribution >= 4 is 5.97 Å². The molecule has 1 fully saturated rings. The van der Waals surface area contributed by atoms with Crippen molar-refractivity contribution in [1.29, 1.82) is 0 Å². The number of rotatable bonds is 9. The van der Waals surface area contributed by atoms with Crippen LogP contribution in [0.1, 0.15) is 46.5 Å². The molecule has 21 heavy (non-hydrogen) atoms. The lowest BCUT2D eigenvalue weighted by atomic mass is 9.94. The van der Waals surface area contributed by atoms with Gasteiger partial charge in [-0.3, -0.25) is 15.0 Å². The fourth-order valence-corrected chi connectivity index (χ4v) is 3.33. The van der Waals surface area contributed by atoms with Crippen molar-refractivity contribution < 1.29 is 9.90 Å². The number of nitrogens with zero attached hydrogens (tertiary/aromatic N) is 2. The Labute approximate surface area is 129 Å². The van der Waals surface area contributed by atoms with Gasteiger partial charge >= 0.3 is 5.97 Å². The summed E-state index contributed by atoms with van der Waals surface area (Å²) < 4.78 is 0. The lowest BCUT2D eigenvalue weighted by Gasteiger charge is -2.31. The van der Waals surface area contributed by atoms with E-state index in [1.165, 1.54) is 12.8 Å². The molecule has 5 heteroatoms. The zero-order valence-electron chi connectivity index (χ0n) is 14.4. The smallest absolute Gasteiger partial charge is 0.323 e. The van der Waals surface area contributed by atoms with Crippen LogP contribution in [-0.4, -0.2) is 72.2 Å². The maximum absolute atomic E-state index is 11.5. The highest BCUT2D eigenvalue weighted by Gasteiger charge is 2.33. The number of likely N-dealkylation sites (tertiary alicyclic amines) is 1. The zero-order valence-corrected chi connectivity index (χ0v) is 14.4. The van der Waals surface area contributed by atoms with Crippen molar-refractivity contribution in [2.45, 2.75) is 64.1 Å². The summed E-state index contributed by atoms with van der Waals surface area (Å²) in [5, 5.41) is 12.7. The SMILES string of the molecule is CC(C)NC(C)(CCCN1CCCC1CN(C)C)C(=O)O. The number of carboxylic acid groups (broad SMARTS) is 1. The molecule has 0 aromatic carbocycles. The van der Waals surface area contributed by atoms with Gasteiger partial charge in [-0.25, -0.2) is 0 Å². The van der Waals surface area contributed by atoms with Crippen molar-refractivity contribution in [3.8, 4) is 0 Å². The predicted molar refractivity (Wildman–Crippen MR) is 86.7 cm³/mol. The first-order chi connectivity index (χ1) is 9.74. The molecule has 0 aromatic heterocycles. The fraction of sp³-hybridized carbons (Fsp3) is 0.938. The Morgan fingerprint density at radius 3 is 2.67 bits per heavy atom. The minimum absolute atomic E-state index is 0.180. The second kappa shape index (κ2) is 8.11. The first-order valence-electron chi connectivity index (χ1n) is 8.14. The van der Waals surface area contributed by atoms with Crippen LogP contribution in [0.5, 0.6) is 0 Å². The second-order valence-electron chi connectivity index (χ2n) is 7.13. The minimum Gasteiger partial charge on any atom is -0.480 e.